The Bertz CT molecular complexity index is 970. The van der Waals surface area contributed by atoms with Gasteiger partial charge in [-0.2, -0.15) is 0 Å². The van der Waals surface area contributed by atoms with Gasteiger partial charge in [-0.15, -0.1) is 0 Å². The number of imidazole rings is 1. The maximum absolute atomic E-state index is 13.2. The smallest absolute Gasteiger partial charge is 0.226 e. The van der Waals surface area contributed by atoms with E-state index in [1.807, 2.05) is 18.2 Å². The Morgan fingerprint density at radius 1 is 1.00 bits per heavy atom. The maximum atomic E-state index is 13.2. The van der Waals surface area contributed by atoms with E-state index in [2.05, 4.69) is 45.8 Å². The number of aryl methyl sites for hydroxylation is 1. The van der Waals surface area contributed by atoms with E-state index < -0.39 is 0 Å². The van der Waals surface area contributed by atoms with Crippen LogP contribution in [0.15, 0.2) is 54.7 Å². The minimum Gasteiger partial charge on any atom is -0.342 e. The number of aromatic nitrogens is 2. The SMILES string of the molecule is O=C(C1CCc2nc3ccccn3c2C1)N1CCC(Cc2ccccc2)CC1. The molecule has 0 bridgehead atoms. The number of rotatable bonds is 3. The quantitative estimate of drug-likeness (QED) is 0.698. The van der Waals surface area contributed by atoms with Crippen LogP contribution < -0.4 is 0 Å². The van der Waals surface area contributed by atoms with Crippen molar-refractivity contribution < 1.29 is 4.79 Å². The lowest BCUT2D eigenvalue weighted by atomic mass is 9.86. The molecular weight excluding hydrogens is 346 g/mol. The first-order valence-corrected chi connectivity index (χ1v) is 10.6. The number of hydrogen-bond donors (Lipinski definition) is 0. The van der Waals surface area contributed by atoms with Gasteiger partial charge in [-0.05, 0) is 55.7 Å². The van der Waals surface area contributed by atoms with Gasteiger partial charge in [-0.25, -0.2) is 4.98 Å². The Labute approximate surface area is 166 Å². The van der Waals surface area contributed by atoms with Gasteiger partial charge >= 0.3 is 0 Å². The fourth-order valence-electron chi connectivity index (χ4n) is 4.93. The van der Waals surface area contributed by atoms with E-state index in [1.54, 1.807) is 0 Å². The van der Waals surface area contributed by atoms with Crippen LogP contribution in [0.2, 0.25) is 0 Å². The topological polar surface area (TPSA) is 37.6 Å². The summed E-state index contributed by atoms with van der Waals surface area (Å²) in [6.45, 7) is 1.82. The lowest BCUT2D eigenvalue weighted by Crippen LogP contribution is -2.43. The van der Waals surface area contributed by atoms with Crippen LogP contribution in [-0.4, -0.2) is 33.3 Å². The number of amides is 1. The molecule has 0 spiro atoms. The number of hydrogen-bond acceptors (Lipinski definition) is 2. The average molecular weight is 374 g/mol. The monoisotopic (exact) mass is 373 g/mol. The highest BCUT2D eigenvalue weighted by molar-refractivity contribution is 5.79. The number of carbonyl (C=O) groups is 1. The highest BCUT2D eigenvalue weighted by Crippen LogP contribution is 2.29. The molecule has 1 aromatic carbocycles. The Kier molecular flexibility index (Phi) is 4.63. The van der Waals surface area contributed by atoms with Crippen LogP contribution >= 0.6 is 0 Å². The number of carbonyl (C=O) groups excluding carboxylic acids is 1. The Morgan fingerprint density at radius 2 is 1.79 bits per heavy atom. The first-order chi connectivity index (χ1) is 13.8. The van der Waals surface area contributed by atoms with Gasteiger partial charge in [0, 0.05) is 37.3 Å². The van der Waals surface area contributed by atoms with Gasteiger partial charge in [-0.3, -0.25) is 4.79 Å². The summed E-state index contributed by atoms with van der Waals surface area (Å²) in [6.07, 6.45) is 8.11. The normalized spacial score (nSPS) is 20.3. The zero-order valence-electron chi connectivity index (χ0n) is 16.3. The molecule has 3 heterocycles. The number of benzene rings is 1. The summed E-state index contributed by atoms with van der Waals surface area (Å²) in [5.41, 5.74) is 4.83. The van der Waals surface area contributed by atoms with E-state index in [-0.39, 0.29) is 5.92 Å². The van der Waals surface area contributed by atoms with E-state index in [0.29, 0.717) is 11.8 Å². The summed E-state index contributed by atoms with van der Waals surface area (Å²) in [5.74, 6) is 1.16. The molecule has 1 fully saturated rings. The van der Waals surface area contributed by atoms with E-state index >= 15 is 0 Å². The molecule has 1 aliphatic carbocycles. The molecule has 1 unspecified atom stereocenters. The second kappa shape index (κ2) is 7.42. The third kappa shape index (κ3) is 3.32. The number of nitrogens with zero attached hydrogens (tertiary/aromatic N) is 3. The minimum atomic E-state index is 0.110. The summed E-state index contributed by atoms with van der Waals surface area (Å²) in [4.78, 5) is 20.1. The summed E-state index contributed by atoms with van der Waals surface area (Å²) in [5, 5.41) is 0. The minimum absolute atomic E-state index is 0.110. The van der Waals surface area contributed by atoms with Crippen molar-refractivity contribution in [3.8, 4) is 0 Å². The molecule has 0 saturated carbocycles. The molecule has 2 aromatic heterocycles. The maximum Gasteiger partial charge on any atom is 0.226 e. The summed E-state index contributed by atoms with van der Waals surface area (Å²) in [6, 6.07) is 16.8. The fourth-order valence-corrected chi connectivity index (χ4v) is 4.93. The highest BCUT2D eigenvalue weighted by atomic mass is 16.2. The van der Waals surface area contributed by atoms with E-state index in [9.17, 15) is 4.79 Å². The van der Waals surface area contributed by atoms with Crippen molar-refractivity contribution in [3.63, 3.8) is 0 Å². The Morgan fingerprint density at radius 3 is 2.61 bits per heavy atom. The molecule has 4 heteroatoms. The van der Waals surface area contributed by atoms with Gasteiger partial charge in [0.1, 0.15) is 5.65 Å². The summed E-state index contributed by atoms with van der Waals surface area (Å²) >= 11 is 0. The molecule has 1 amide bonds. The van der Waals surface area contributed by atoms with Gasteiger partial charge in [0.2, 0.25) is 5.91 Å². The van der Waals surface area contributed by atoms with E-state index in [1.165, 1.54) is 17.0 Å². The van der Waals surface area contributed by atoms with Crippen molar-refractivity contribution in [2.24, 2.45) is 11.8 Å². The molecule has 2 aliphatic rings. The molecule has 4 nitrogen and oxygen atoms in total. The third-order valence-electron chi connectivity index (χ3n) is 6.52. The van der Waals surface area contributed by atoms with Gasteiger partial charge in [-0.1, -0.05) is 36.4 Å². The van der Waals surface area contributed by atoms with Gasteiger partial charge < -0.3 is 9.30 Å². The van der Waals surface area contributed by atoms with Crippen LogP contribution in [-0.2, 0) is 24.1 Å². The van der Waals surface area contributed by atoms with Crippen molar-refractivity contribution in [2.75, 3.05) is 13.1 Å². The average Bonchev–Trinajstić information content (AvgIpc) is 3.12. The number of fused-ring (bicyclic) bond motifs is 3. The molecule has 0 N–H and O–H groups in total. The Hall–Kier alpha value is -2.62. The predicted molar refractivity (Wildman–Crippen MR) is 110 cm³/mol. The fraction of sp³-hybridized carbons (Fsp3) is 0.417. The molecule has 144 valence electrons. The second-order valence-electron chi connectivity index (χ2n) is 8.33. The number of pyridine rings is 1. The lowest BCUT2D eigenvalue weighted by molar-refractivity contribution is -0.137. The summed E-state index contributed by atoms with van der Waals surface area (Å²) in [7, 11) is 0. The molecule has 1 atom stereocenters. The molecule has 3 aromatic rings. The standard InChI is InChI=1S/C24H27N3O/c28-24(26-14-11-19(12-15-26)16-18-6-2-1-3-7-18)20-9-10-21-22(17-20)27-13-5-4-8-23(27)25-21/h1-8,13,19-20H,9-12,14-17H2. The van der Waals surface area contributed by atoms with E-state index in [0.717, 1.165) is 57.3 Å². The highest BCUT2D eigenvalue weighted by Gasteiger charge is 2.32. The van der Waals surface area contributed by atoms with Crippen LogP contribution in [0, 0.1) is 11.8 Å². The van der Waals surface area contributed by atoms with Crippen LogP contribution in [0.1, 0.15) is 36.2 Å². The zero-order valence-corrected chi connectivity index (χ0v) is 16.3. The van der Waals surface area contributed by atoms with Gasteiger partial charge in [0.15, 0.2) is 0 Å². The van der Waals surface area contributed by atoms with Gasteiger partial charge in [0.25, 0.3) is 0 Å². The second-order valence-corrected chi connectivity index (χ2v) is 8.33. The van der Waals surface area contributed by atoms with E-state index in [4.69, 9.17) is 4.98 Å². The van der Waals surface area contributed by atoms with Crippen molar-refractivity contribution in [1.29, 1.82) is 0 Å². The van der Waals surface area contributed by atoms with Crippen LogP contribution in [0.25, 0.3) is 5.65 Å². The molecular formula is C24H27N3O. The van der Waals surface area contributed by atoms with Crippen LogP contribution in [0.4, 0.5) is 0 Å². The molecule has 1 saturated heterocycles. The first-order valence-electron chi connectivity index (χ1n) is 10.6. The molecule has 1 aliphatic heterocycles. The van der Waals surface area contributed by atoms with Crippen molar-refractivity contribution in [3.05, 3.63) is 71.7 Å². The number of piperidine rings is 1. The van der Waals surface area contributed by atoms with Crippen LogP contribution in [0.5, 0.6) is 0 Å². The van der Waals surface area contributed by atoms with Crippen LogP contribution in [0.3, 0.4) is 0 Å². The zero-order chi connectivity index (χ0) is 18.9. The summed E-state index contributed by atoms with van der Waals surface area (Å²) < 4.78 is 2.17. The van der Waals surface area contributed by atoms with Crippen molar-refractivity contribution in [1.82, 2.24) is 14.3 Å². The van der Waals surface area contributed by atoms with Gasteiger partial charge in [0.05, 0.1) is 5.69 Å². The third-order valence-corrected chi connectivity index (χ3v) is 6.52. The van der Waals surface area contributed by atoms with Crippen molar-refractivity contribution >= 4 is 11.6 Å². The van der Waals surface area contributed by atoms with Crippen molar-refractivity contribution in [2.45, 2.75) is 38.5 Å². The lowest BCUT2D eigenvalue weighted by Gasteiger charge is -2.35. The first kappa shape index (κ1) is 17.5. The molecule has 28 heavy (non-hydrogen) atoms. The predicted octanol–water partition coefficient (Wildman–Crippen LogP) is 3.92. The molecule has 5 rings (SSSR count). The molecule has 0 radical (unpaired) electrons. The largest absolute Gasteiger partial charge is 0.342 e. The Balaban J connectivity index is 1.22. The number of likely N-dealkylation sites (tertiary alicyclic amines) is 1.